The van der Waals surface area contributed by atoms with Crippen molar-refractivity contribution in [3.8, 4) is 5.75 Å². The van der Waals surface area contributed by atoms with E-state index in [2.05, 4.69) is 12.2 Å². The number of rotatable bonds is 5. The van der Waals surface area contributed by atoms with Gasteiger partial charge >= 0.3 is 0 Å². The van der Waals surface area contributed by atoms with Crippen LogP contribution in [-0.2, 0) is 0 Å². The molecule has 2 rings (SSSR count). The minimum atomic E-state index is -0.159. The van der Waals surface area contributed by atoms with Crippen LogP contribution in [0.15, 0.2) is 12.1 Å². The third-order valence-electron chi connectivity index (χ3n) is 4.60. The summed E-state index contributed by atoms with van der Waals surface area (Å²) in [5.74, 6) is 0.292. The fourth-order valence-electron chi connectivity index (χ4n) is 3.06. The van der Waals surface area contributed by atoms with Gasteiger partial charge in [-0.15, -0.1) is 0 Å². The lowest BCUT2D eigenvalue weighted by molar-refractivity contribution is 0.0926. The number of amides is 1. The Morgan fingerprint density at radius 2 is 2.10 bits per heavy atom. The van der Waals surface area contributed by atoms with Crippen molar-refractivity contribution in [2.45, 2.75) is 39.0 Å². The lowest BCUT2D eigenvalue weighted by Gasteiger charge is -2.27. The average molecular weight is 311 g/mol. The molecule has 0 unspecified atom stereocenters. The molecule has 1 amide bonds. The number of ether oxygens (including phenoxy) is 1. The molecular weight excluding hydrogens is 288 g/mol. The average Bonchev–Trinajstić information content (AvgIpc) is 2.96. The second-order valence-electron chi connectivity index (χ2n) is 5.82. The molecule has 1 saturated carbocycles. The maximum atomic E-state index is 12.4. The second kappa shape index (κ2) is 6.56. The molecule has 1 aliphatic carbocycles. The van der Waals surface area contributed by atoms with E-state index in [0.717, 1.165) is 6.42 Å². The Labute approximate surface area is 131 Å². The van der Waals surface area contributed by atoms with Crippen LogP contribution in [0.4, 0.5) is 5.69 Å². The molecule has 0 heterocycles. The summed E-state index contributed by atoms with van der Waals surface area (Å²) >= 11 is 6.01. The number of hydrogen-bond acceptors (Lipinski definition) is 3. The molecule has 0 atom stereocenters. The molecule has 21 heavy (non-hydrogen) atoms. The van der Waals surface area contributed by atoms with Crippen molar-refractivity contribution >= 4 is 23.2 Å². The molecule has 0 aromatic heterocycles. The van der Waals surface area contributed by atoms with Crippen LogP contribution in [0.3, 0.4) is 0 Å². The molecule has 0 saturated heterocycles. The van der Waals surface area contributed by atoms with Crippen molar-refractivity contribution in [3.63, 3.8) is 0 Å². The minimum absolute atomic E-state index is 0.159. The molecule has 0 aliphatic heterocycles. The summed E-state index contributed by atoms with van der Waals surface area (Å²) in [6.45, 7) is 2.89. The summed E-state index contributed by atoms with van der Waals surface area (Å²) in [5.41, 5.74) is 6.83. The number of benzene rings is 1. The Morgan fingerprint density at radius 1 is 1.43 bits per heavy atom. The van der Waals surface area contributed by atoms with E-state index in [0.29, 0.717) is 28.6 Å². The zero-order valence-electron chi connectivity index (χ0n) is 12.7. The fourth-order valence-corrected chi connectivity index (χ4v) is 3.22. The summed E-state index contributed by atoms with van der Waals surface area (Å²) in [7, 11) is 1.52. The van der Waals surface area contributed by atoms with Gasteiger partial charge in [-0.05, 0) is 30.7 Å². The predicted molar refractivity (Wildman–Crippen MR) is 85.9 cm³/mol. The lowest BCUT2D eigenvalue weighted by Crippen LogP contribution is -2.35. The van der Waals surface area contributed by atoms with Crippen LogP contribution < -0.4 is 15.8 Å². The first-order valence-electron chi connectivity index (χ1n) is 7.42. The van der Waals surface area contributed by atoms with Crippen molar-refractivity contribution in [3.05, 3.63) is 22.7 Å². The van der Waals surface area contributed by atoms with Crippen LogP contribution in [0.25, 0.3) is 0 Å². The number of carbonyl (C=O) groups is 1. The normalized spacial score (nSPS) is 16.7. The maximum Gasteiger partial charge on any atom is 0.255 e. The quantitative estimate of drug-likeness (QED) is 0.816. The smallest absolute Gasteiger partial charge is 0.255 e. The van der Waals surface area contributed by atoms with Crippen LogP contribution in [0.2, 0.25) is 5.02 Å². The zero-order chi connectivity index (χ0) is 15.5. The Balaban J connectivity index is 2.11. The first kappa shape index (κ1) is 16.0. The van der Waals surface area contributed by atoms with E-state index in [1.807, 2.05) is 0 Å². The maximum absolute atomic E-state index is 12.4. The van der Waals surface area contributed by atoms with E-state index in [-0.39, 0.29) is 11.3 Å². The van der Waals surface area contributed by atoms with Crippen LogP contribution in [0.1, 0.15) is 49.4 Å². The first-order chi connectivity index (χ1) is 10.0. The van der Waals surface area contributed by atoms with E-state index in [1.165, 1.54) is 32.8 Å². The summed E-state index contributed by atoms with van der Waals surface area (Å²) in [6.07, 6.45) is 5.96. The highest BCUT2D eigenvalue weighted by atomic mass is 35.5. The molecule has 0 spiro atoms. The van der Waals surface area contributed by atoms with Gasteiger partial charge in [-0.25, -0.2) is 0 Å². The van der Waals surface area contributed by atoms with Gasteiger partial charge < -0.3 is 15.8 Å². The third kappa shape index (κ3) is 3.43. The van der Waals surface area contributed by atoms with Gasteiger partial charge in [0, 0.05) is 12.6 Å². The van der Waals surface area contributed by atoms with Crippen LogP contribution >= 0.6 is 11.6 Å². The number of nitrogens with two attached hydrogens (primary N) is 1. The molecule has 0 bridgehead atoms. The molecule has 1 fully saturated rings. The number of nitrogen functional groups attached to an aromatic ring is 1. The molecule has 0 radical (unpaired) electrons. The summed E-state index contributed by atoms with van der Waals surface area (Å²) < 4.78 is 5.23. The molecule has 3 N–H and O–H groups in total. The number of halogens is 1. The molecule has 1 aliphatic rings. The fraction of sp³-hybridized carbons (Fsp3) is 0.562. The highest BCUT2D eigenvalue weighted by molar-refractivity contribution is 6.33. The van der Waals surface area contributed by atoms with Crippen LogP contribution in [0, 0.1) is 5.41 Å². The van der Waals surface area contributed by atoms with Crippen molar-refractivity contribution in [1.82, 2.24) is 5.32 Å². The van der Waals surface area contributed by atoms with Gasteiger partial charge in [-0.1, -0.05) is 31.4 Å². The van der Waals surface area contributed by atoms with E-state index < -0.39 is 0 Å². The zero-order valence-corrected chi connectivity index (χ0v) is 13.4. The van der Waals surface area contributed by atoms with Crippen molar-refractivity contribution < 1.29 is 9.53 Å². The minimum Gasteiger partial charge on any atom is -0.496 e. The van der Waals surface area contributed by atoms with Crippen molar-refractivity contribution in [2.75, 3.05) is 19.4 Å². The summed E-state index contributed by atoms with van der Waals surface area (Å²) in [6, 6.07) is 3.15. The monoisotopic (exact) mass is 310 g/mol. The molecule has 116 valence electrons. The van der Waals surface area contributed by atoms with E-state index in [1.54, 1.807) is 12.1 Å². The number of hydrogen-bond donors (Lipinski definition) is 2. The van der Waals surface area contributed by atoms with Crippen molar-refractivity contribution in [2.24, 2.45) is 5.41 Å². The Kier molecular flexibility index (Phi) is 4.99. The predicted octanol–water partition coefficient (Wildman–Crippen LogP) is 3.63. The molecule has 1 aromatic carbocycles. The van der Waals surface area contributed by atoms with Gasteiger partial charge in [0.1, 0.15) is 5.75 Å². The van der Waals surface area contributed by atoms with Crippen LogP contribution in [-0.4, -0.2) is 19.6 Å². The summed E-state index contributed by atoms with van der Waals surface area (Å²) in [5, 5.41) is 3.40. The summed E-state index contributed by atoms with van der Waals surface area (Å²) in [4.78, 5) is 12.4. The Morgan fingerprint density at radius 3 is 2.67 bits per heavy atom. The van der Waals surface area contributed by atoms with Gasteiger partial charge in [0.25, 0.3) is 5.91 Å². The number of carbonyl (C=O) groups excluding carboxylic acids is 1. The Bertz CT molecular complexity index is 525. The highest BCUT2D eigenvalue weighted by Crippen LogP contribution is 2.40. The van der Waals surface area contributed by atoms with Gasteiger partial charge in [-0.2, -0.15) is 0 Å². The van der Waals surface area contributed by atoms with Gasteiger partial charge in [0.05, 0.1) is 23.4 Å². The van der Waals surface area contributed by atoms with Gasteiger partial charge in [-0.3, -0.25) is 4.79 Å². The third-order valence-corrected chi connectivity index (χ3v) is 4.93. The standard InChI is InChI=1S/C16H23ClN2O2/c1-3-16(6-4-5-7-16)10-19-15(20)11-8-12(17)13(18)9-14(11)21-2/h8-9H,3-7,10,18H2,1-2H3,(H,19,20). The SMILES string of the molecule is CCC1(CNC(=O)c2cc(Cl)c(N)cc2OC)CCCC1. The van der Waals surface area contributed by atoms with E-state index in [4.69, 9.17) is 22.1 Å². The lowest BCUT2D eigenvalue weighted by atomic mass is 9.83. The first-order valence-corrected chi connectivity index (χ1v) is 7.80. The second-order valence-corrected chi connectivity index (χ2v) is 6.22. The topological polar surface area (TPSA) is 64.4 Å². The van der Waals surface area contributed by atoms with E-state index >= 15 is 0 Å². The number of anilines is 1. The molecule has 4 nitrogen and oxygen atoms in total. The van der Waals surface area contributed by atoms with E-state index in [9.17, 15) is 4.79 Å². The number of nitrogens with one attached hydrogen (secondary N) is 1. The largest absolute Gasteiger partial charge is 0.496 e. The van der Waals surface area contributed by atoms with Gasteiger partial charge in [0.2, 0.25) is 0 Å². The highest BCUT2D eigenvalue weighted by Gasteiger charge is 2.32. The van der Waals surface area contributed by atoms with Crippen molar-refractivity contribution in [1.29, 1.82) is 0 Å². The molecule has 1 aromatic rings. The van der Waals surface area contributed by atoms with Gasteiger partial charge in [0.15, 0.2) is 0 Å². The van der Waals surface area contributed by atoms with Crippen LogP contribution in [0.5, 0.6) is 5.75 Å². The molecule has 5 heteroatoms. The Hall–Kier alpha value is -1.42. The molecular formula is C16H23ClN2O2. The number of methoxy groups -OCH3 is 1.